The van der Waals surface area contributed by atoms with Gasteiger partial charge in [-0.25, -0.2) is 28.8 Å². The molecule has 572 valence electrons. The molecule has 24 heteroatoms. The highest BCUT2D eigenvalue weighted by molar-refractivity contribution is 5.96. The third-order valence-electron chi connectivity index (χ3n) is 17.6. The maximum atomic E-state index is 13.2. The number of carbonyl (C=O) groups excluding carboxylic acids is 6. The molecule has 0 bridgehead atoms. The van der Waals surface area contributed by atoms with Crippen LogP contribution in [0.15, 0.2) is 173 Å². The lowest BCUT2D eigenvalue weighted by molar-refractivity contribution is -0.167. The number of unbranched alkanes of at least 4 members (excludes halogenated alkanes) is 18. The van der Waals surface area contributed by atoms with E-state index in [1.807, 2.05) is 0 Å². The Labute approximate surface area is 624 Å². The fourth-order valence-electron chi connectivity index (χ4n) is 11.8. The first-order valence-electron chi connectivity index (χ1n) is 36.8. The van der Waals surface area contributed by atoms with Crippen molar-refractivity contribution in [1.29, 1.82) is 0 Å². The van der Waals surface area contributed by atoms with Crippen molar-refractivity contribution < 1.29 is 98.9 Å². The van der Waals surface area contributed by atoms with Crippen LogP contribution in [0, 0.1) is 0 Å². The monoisotopic (exact) mass is 1480 g/mol. The molecular weight excluding hydrogens is 1390 g/mol. The first-order valence-corrected chi connectivity index (χ1v) is 36.8. The molecule has 0 saturated carbocycles. The topological polar surface area (TPSA) is 304 Å². The van der Waals surface area contributed by atoms with Crippen LogP contribution in [0.25, 0.3) is 32.9 Å². The van der Waals surface area contributed by atoms with Crippen LogP contribution in [0.4, 0.5) is 0 Å². The predicted octanol–water partition coefficient (Wildman–Crippen LogP) is 16.6. The van der Waals surface area contributed by atoms with Gasteiger partial charge in [0.05, 0.1) is 41.2 Å². The minimum Gasteiger partial charge on any atom is -0.496 e. The van der Waals surface area contributed by atoms with Crippen molar-refractivity contribution in [3.05, 3.63) is 194 Å². The number of esters is 6. The van der Waals surface area contributed by atoms with Gasteiger partial charge in [-0.2, -0.15) is 0 Å². The highest BCUT2D eigenvalue weighted by atomic mass is 16.6. The second kappa shape index (κ2) is 43.3. The minimum atomic E-state index is -0.967. The van der Waals surface area contributed by atoms with Gasteiger partial charge in [-0.1, -0.05) is 96.3 Å². The van der Waals surface area contributed by atoms with Crippen LogP contribution < -0.4 is 59.5 Å². The molecule has 0 fully saturated rings. The predicted molar refractivity (Wildman–Crippen MR) is 400 cm³/mol. The lowest BCUT2D eigenvalue weighted by Gasteiger charge is -2.18. The van der Waals surface area contributed by atoms with Crippen molar-refractivity contribution in [3.63, 3.8) is 0 Å². The molecule has 0 aliphatic heterocycles. The summed E-state index contributed by atoms with van der Waals surface area (Å²) in [7, 11) is 4.36. The molecule has 0 aliphatic rings. The summed E-state index contributed by atoms with van der Waals surface area (Å²) in [5, 5.41) is 2.06. The van der Waals surface area contributed by atoms with E-state index >= 15 is 0 Å². The van der Waals surface area contributed by atoms with E-state index in [0.29, 0.717) is 89.2 Å². The van der Waals surface area contributed by atoms with Gasteiger partial charge in [0.15, 0.2) is 6.10 Å². The van der Waals surface area contributed by atoms with Crippen molar-refractivity contribution in [1.82, 2.24) is 0 Å². The maximum Gasteiger partial charge on any atom is 0.347 e. The zero-order chi connectivity index (χ0) is 76.2. The van der Waals surface area contributed by atoms with Crippen LogP contribution in [0.3, 0.4) is 0 Å². The molecule has 0 N–H and O–H groups in total. The van der Waals surface area contributed by atoms with E-state index in [1.165, 1.54) is 57.7 Å². The smallest absolute Gasteiger partial charge is 0.347 e. The molecule has 0 atom stereocenters. The number of fused-ring (bicyclic) bond motifs is 3. The molecule has 0 unspecified atom stereocenters. The minimum absolute atomic E-state index is 0.153. The second-order valence-electron chi connectivity index (χ2n) is 25.8. The van der Waals surface area contributed by atoms with Crippen LogP contribution in [0.1, 0.15) is 185 Å². The Morgan fingerprint density at radius 2 is 0.574 bits per heavy atom. The third kappa shape index (κ3) is 26.6. The number of rotatable bonds is 47. The van der Waals surface area contributed by atoms with Gasteiger partial charge in [-0.15, -0.1) is 0 Å². The number of benzene rings is 6. The van der Waals surface area contributed by atoms with Crippen LogP contribution in [-0.2, 0) is 28.6 Å². The van der Waals surface area contributed by atoms with Crippen molar-refractivity contribution >= 4 is 68.7 Å². The summed E-state index contributed by atoms with van der Waals surface area (Å²) in [4.78, 5) is 113. The molecule has 0 saturated heterocycles. The maximum absolute atomic E-state index is 13.2. The van der Waals surface area contributed by atoms with Gasteiger partial charge in [0, 0.05) is 90.0 Å². The molecule has 9 aromatic rings. The molecule has 0 spiro atoms. The summed E-state index contributed by atoms with van der Waals surface area (Å²) < 4.78 is 83.5. The second-order valence-corrected chi connectivity index (χ2v) is 25.8. The Morgan fingerprint density at radius 3 is 0.880 bits per heavy atom. The van der Waals surface area contributed by atoms with E-state index in [4.69, 9.17) is 70.1 Å². The van der Waals surface area contributed by atoms with Crippen LogP contribution >= 0.6 is 0 Å². The van der Waals surface area contributed by atoms with Crippen molar-refractivity contribution in [3.8, 4) is 51.7 Å². The van der Waals surface area contributed by atoms with E-state index in [9.17, 15) is 43.2 Å². The quantitative estimate of drug-likeness (QED) is 0.0112. The first kappa shape index (κ1) is 80.7. The zero-order valence-corrected chi connectivity index (χ0v) is 61.2. The zero-order valence-electron chi connectivity index (χ0n) is 61.2. The Hall–Kier alpha value is -11.4. The van der Waals surface area contributed by atoms with Gasteiger partial charge in [0.2, 0.25) is 0 Å². The molecule has 6 aromatic carbocycles. The van der Waals surface area contributed by atoms with Crippen molar-refractivity contribution in [2.45, 2.75) is 160 Å². The molecule has 24 nitrogen and oxygen atoms in total. The summed E-state index contributed by atoms with van der Waals surface area (Å²) >= 11 is 0. The Bertz CT molecular complexity index is 4450. The SMILES string of the molecule is COc1cc(OCCCCCCCCCC(=O)OCC(COC(=O)CCCCCCCCCOc2ccc(C(=O)Oc3ccc4ccc(=O)oc4c3)c(OC)c2)OC(=O)CCCCCCCCCOc2ccc(C(=O)Oc3ccc4ccc(=O)oc4c3)c(OC)c2)ccc1C(=O)Oc1ccc2ccc(=O)oc2c1. The highest BCUT2D eigenvalue weighted by Gasteiger charge is 2.23. The molecule has 108 heavy (non-hydrogen) atoms. The number of carbonyl (C=O) groups is 6. The standard InChI is InChI=1S/C84H92O24/c1-94-73-49-60(37-40-67(73)82(91)103-63-34-28-57-31-43-79(88)106-70(57)52-63)97-46-22-16-10-4-7-13-19-25-76(85)100-55-66(102-78(87)27-21-15-9-6-12-18-24-48-99-62-39-42-69(75(51-62)96-3)84(93)105-65-36-30-59-33-45-81(90)108-72(59)54-65)56-101-77(86)26-20-14-8-5-11-17-23-47-98-61-38-41-68(74(50-61)95-2)83(92)104-64-35-29-58-32-44-80(89)107-71(58)53-64/h28-45,49-54,66H,4-27,46-48,55-56H2,1-3H3. The van der Waals surface area contributed by atoms with Gasteiger partial charge in [0.1, 0.15) is 98.4 Å². The molecule has 0 amide bonds. The highest BCUT2D eigenvalue weighted by Crippen LogP contribution is 2.32. The largest absolute Gasteiger partial charge is 0.496 e. The molecular formula is C84H92O24. The fraction of sp³-hybridized carbons (Fsp3) is 0.393. The number of hydrogen-bond acceptors (Lipinski definition) is 24. The average molecular weight is 1490 g/mol. The van der Waals surface area contributed by atoms with Gasteiger partial charge in [0.25, 0.3) is 0 Å². The fourth-order valence-corrected chi connectivity index (χ4v) is 11.8. The van der Waals surface area contributed by atoms with Crippen LogP contribution in [0.5, 0.6) is 51.7 Å². The molecule has 0 aliphatic carbocycles. The summed E-state index contributed by atoms with van der Waals surface area (Å²) in [6, 6.07) is 37.8. The van der Waals surface area contributed by atoms with E-state index in [1.54, 1.807) is 109 Å². The number of hydrogen-bond donors (Lipinski definition) is 0. The summed E-state index contributed by atoms with van der Waals surface area (Å²) in [5.74, 6) is -0.167. The lowest BCUT2D eigenvalue weighted by Crippen LogP contribution is -2.30. The van der Waals surface area contributed by atoms with Gasteiger partial charge < -0.3 is 70.1 Å². The van der Waals surface area contributed by atoms with Crippen molar-refractivity contribution in [2.75, 3.05) is 54.4 Å². The van der Waals surface area contributed by atoms with E-state index in [-0.39, 0.29) is 83.7 Å². The average Bonchev–Trinajstić information content (AvgIpc) is 0.829. The van der Waals surface area contributed by atoms with Gasteiger partial charge >= 0.3 is 52.7 Å². The Kier molecular flexibility index (Phi) is 32.3. The van der Waals surface area contributed by atoms with E-state index in [2.05, 4.69) is 0 Å². The van der Waals surface area contributed by atoms with E-state index in [0.717, 1.165) is 116 Å². The molecule has 0 radical (unpaired) electrons. The summed E-state index contributed by atoms with van der Waals surface area (Å²) in [5.41, 5.74) is -0.0489. The first-order chi connectivity index (χ1) is 52.6. The van der Waals surface area contributed by atoms with Gasteiger partial charge in [-0.3, -0.25) is 14.4 Å². The van der Waals surface area contributed by atoms with Gasteiger partial charge in [-0.05, 0) is 130 Å². The molecule has 3 heterocycles. The number of ether oxygens (including phenoxy) is 12. The van der Waals surface area contributed by atoms with Crippen LogP contribution in [0.2, 0.25) is 0 Å². The Morgan fingerprint density at radius 1 is 0.306 bits per heavy atom. The number of methoxy groups -OCH3 is 3. The third-order valence-corrected chi connectivity index (χ3v) is 17.6. The molecule has 3 aromatic heterocycles. The summed E-state index contributed by atoms with van der Waals surface area (Å²) in [6.07, 6.45) is 17.6. The van der Waals surface area contributed by atoms with E-state index < -0.39 is 58.8 Å². The Balaban J connectivity index is 0.627. The summed E-state index contributed by atoms with van der Waals surface area (Å²) in [6.45, 7) is 0.892. The normalized spacial score (nSPS) is 11.1. The van der Waals surface area contributed by atoms with Crippen molar-refractivity contribution in [2.24, 2.45) is 0 Å². The van der Waals surface area contributed by atoms with Crippen LogP contribution in [-0.4, -0.2) is 96.3 Å². The molecule has 9 rings (SSSR count). The lowest BCUT2D eigenvalue weighted by atomic mass is 10.1.